The number of hydrogen-bond acceptors (Lipinski definition) is 3. The molecule has 2 aromatic carbocycles. The number of anilines is 1. The van der Waals surface area contributed by atoms with Gasteiger partial charge in [-0.15, -0.1) is 0 Å². The third-order valence-corrected chi connectivity index (χ3v) is 3.00. The van der Waals surface area contributed by atoms with Crippen molar-refractivity contribution < 1.29 is 5.11 Å². The highest BCUT2D eigenvalue weighted by Crippen LogP contribution is 2.33. The van der Waals surface area contributed by atoms with E-state index < -0.39 is 0 Å². The van der Waals surface area contributed by atoms with Gasteiger partial charge in [0, 0.05) is 10.8 Å². The van der Waals surface area contributed by atoms with Crippen molar-refractivity contribution in [1.82, 2.24) is 4.98 Å². The van der Waals surface area contributed by atoms with Crippen molar-refractivity contribution in [1.29, 1.82) is 0 Å². The van der Waals surface area contributed by atoms with E-state index in [-0.39, 0.29) is 5.75 Å². The smallest absolute Gasteiger partial charge is 0.128 e. The molecular weight excluding hydrogens is 212 g/mol. The first-order valence-electron chi connectivity index (χ1n) is 5.44. The number of nitrogens with two attached hydrogens (primary N) is 1. The predicted octanol–water partition coefficient (Wildman–Crippen LogP) is 2.98. The molecule has 0 unspecified atom stereocenters. The van der Waals surface area contributed by atoms with E-state index in [9.17, 15) is 5.11 Å². The van der Waals surface area contributed by atoms with Gasteiger partial charge in [0.2, 0.25) is 0 Å². The summed E-state index contributed by atoms with van der Waals surface area (Å²) in [5.74, 6) is 0.257. The first-order valence-corrected chi connectivity index (χ1v) is 5.44. The van der Waals surface area contributed by atoms with Crippen molar-refractivity contribution in [3.8, 4) is 5.75 Å². The third-order valence-electron chi connectivity index (χ3n) is 3.00. The van der Waals surface area contributed by atoms with Gasteiger partial charge in [0.25, 0.3) is 0 Å². The normalized spacial score (nSPS) is 11.1. The number of phenolic OH excluding ortho intramolecular Hbond substituents is 1. The Balaban J connectivity index is 2.56. The molecule has 0 radical (unpaired) electrons. The maximum Gasteiger partial charge on any atom is 0.128 e. The van der Waals surface area contributed by atoms with Crippen molar-refractivity contribution >= 4 is 27.5 Å². The fourth-order valence-electron chi connectivity index (χ4n) is 2.10. The van der Waals surface area contributed by atoms with Crippen LogP contribution in [0.25, 0.3) is 21.8 Å². The summed E-state index contributed by atoms with van der Waals surface area (Å²) in [7, 11) is 0. The quantitative estimate of drug-likeness (QED) is 0.350. The van der Waals surface area contributed by atoms with Crippen LogP contribution in [0.3, 0.4) is 0 Å². The molecule has 3 aromatic rings. The van der Waals surface area contributed by atoms with Gasteiger partial charge in [-0.05, 0) is 30.7 Å². The molecule has 3 N–H and O–H groups in total. The van der Waals surface area contributed by atoms with Crippen LogP contribution in [0.15, 0.2) is 36.4 Å². The zero-order valence-corrected chi connectivity index (χ0v) is 9.44. The summed E-state index contributed by atoms with van der Waals surface area (Å²) in [4.78, 5) is 4.49. The van der Waals surface area contributed by atoms with Crippen molar-refractivity contribution in [2.45, 2.75) is 6.92 Å². The second kappa shape index (κ2) is 3.35. The van der Waals surface area contributed by atoms with Gasteiger partial charge in [0.15, 0.2) is 0 Å². The molecule has 84 valence electrons. The predicted molar refractivity (Wildman–Crippen MR) is 70.1 cm³/mol. The molecule has 3 nitrogen and oxygen atoms in total. The number of nitrogens with zero attached hydrogens (tertiary/aromatic N) is 1. The van der Waals surface area contributed by atoms with Crippen LogP contribution in [0.4, 0.5) is 5.69 Å². The van der Waals surface area contributed by atoms with Gasteiger partial charge in [-0.1, -0.05) is 18.2 Å². The van der Waals surface area contributed by atoms with E-state index in [1.807, 2.05) is 37.3 Å². The van der Waals surface area contributed by atoms with Crippen molar-refractivity contribution in [2.75, 3.05) is 5.73 Å². The standard InChI is InChI=1S/C14H12N2O/c1-8-6-11(15)13-10(14(8)17)7-9-4-2-3-5-12(9)16-13/h2-7,17H,15H2,1H3. The SMILES string of the molecule is Cc1cc(N)c2nc3ccccc3cc2c1O. The number of benzene rings is 2. The highest BCUT2D eigenvalue weighted by atomic mass is 16.3. The second-order valence-corrected chi connectivity index (χ2v) is 4.21. The number of para-hydroxylation sites is 1. The van der Waals surface area contributed by atoms with E-state index in [0.29, 0.717) is 16.6 Å². The van der Waals surface area contributed by atoms with Crippen molar-refractivity contribution in [3.63, 3.8) is 0 Å². The molecule has 0 atom stereocenters. The Kier molecular flexibility index (Phi) is 1.95. The summed E-state index contributed by atoms with van der Waals surface area (Å²) < 4.78 is 0. The number of pyridine rings is 1. The Morgan fingerprint density at radius 1 is 1.18 bits per heavy atom. The van der Waals surface area contributed by atoms with Gasteiger partial charge in [0.1, 0.15) is 5.75 Å². The maximum absolute atomic E-state index is 10.0. The van der Waals surface area contributed by atoms with Crippen molar-refractivity contribution in [3.05, 3.63) is 42.0 Å². The molecule has 0 amide bonds. The summed E-state index contributed by atoms with van der Waals surface area (Å²) in [5, 5.41) is 11.8. The van der Waals surface area contributed by atoms with Crippen LogP contribution in [0.1, 0.15) is 5.56 Å². The van der Waals surface area contributed by atoms with Gasteiger partial charge in [-0.2, -0.15) is 0 Å². The second-order valence-electron chi connectivity index (χ2n) is 4.21. The minimum Gasteiger partial charge on any atom is -0.507 e. The topological polar surface area (TPSA) is 59.1 Å². The van der Waals surface area contributed by atoms with Gasteiger partial charge in [-0.3, -0.25) is 0 Å². The molecule has 0 aliphatic rings. The molecule has 1 aromatic heterocycles. The number of hydrogen-bond donors (Lipinski definition) is 2. The van der Waals surface area contributed by atoms with E-state index >= 15 is 0 Å². The summed E-state index contributed by atoms with van der Waals surface area (Å²) in [6.45, 7) is 1.83. The molecule has 0 aliphatic heterocycles. The molecule has 1 heterocycles. The van der Waals surface area contributed by atoms with Crippen LogP contribution in [0.5, 0.6) is 5.75 Å². The van der Waals surface area contributed by atoms with Crippen molar-refractivity contribution in [2.24, 2.45) is 0 Å². The number of nitrogen functional groups attached to an aromatic ring is 1. The Morgan fingerprint density at radius 3 is 2.76 bits per heavy atom. The lowest BCUT2D eigenvalue weighted by molar-refractivity contribution is 0.477. The number of phenols is 1. The lowest BCUT2D eigenvalue weighted by atomic mass is 10.1. The van der Waals surface area contributed by atoms with Crippen LogP contribution in [0.2, 0.25) is 0 Å². The molecule has 0 aliphatic carbocycles. The number of aromatic hydroxyl groups is 1. The average Bonchev–Trinajstić information content (AvgIpc) is 2.34. The molecule has 0 saturated carbocycles. The van der Waals surface area contributed by atoms with Crippen LogP contribution in [-0.4, -0.2) is 10.1 Å². The molecule has 3 rings (SSSR count). The van der Waals surface area contributed by atoms with E-state index in [1.165, 1.54) is 0 Å². The van der Waals surface area contributed by atoms with Gasteiger partial charge < -0.3 is 10.8 Å². The monoisotopic (exact) mass is 224 g/mol. The Labute approximate surface area is 98.5 Å². The van der Waals surface area contributed by atoms with Crippen LogP contribution >= 0.6 is 0 Å². The third kappa shape index (κ3) is 1.40. The number of aromatic nitrogens is 1. The Bertz CT molecular complexity index is 735. The number of fused-ring (bicyclic) bond motifs is 2. The largest absolute Gasteiger partial charge is 0.507 e. The molecular formula is C14H12N2O. The van der Waals surface area contributed by atoms with Crippen LogP contribution in [0, 0.1) is 6.92 Å². The van der Waals surface area contributed by atoms with E-state index in [0.717, 1.165) is 16.5 Å². The highest BCUT2D eigenvalue weighted by Gasteiger charge is 2.09. The maximum atomic E-state index is 10.0. The lowest BCUT2D eigenvalue weighted by Crippen LogP contribution is -1.92. The first kappa shape index (κ1) is 9.90. The Morgan fingerprint density at radius 2 is 1.94 bits per heavy atom. The number of rotatable bonds is 0. The molecule has 17 heavy (non-hydrogen) atoms. The molecule has 0 spiro atoms. The minimum absolute atomic E-state index is 0.257. The first-order chi connectivity index (χ1) is 8.16. The van der Waals surface area contributed by atoms with Crippen LogP contribution < -0.4 is 5.73 Å². The van der Waals surface area contributed by atoms with Gasteiger partial charge in [0.05, 0.1) is 16.7 Å². The zero-order valence-electron chi connectivity index (χ0n) is 9.44. The van der Waals surface area contributed by atoms with Gasteiger partial charge in [-0.25, -0.2) is 4.98 Å². The van der Waals surface area contributed by atoms with E-state index in [4.69, 9.17) is 5.73 Å². The summed E-state index contributed by atoms with van der Waals surface area (Å²) in [5.41, 5.74) is 8.86. The zero-order chi connectivity index (χ0) is 12.0. The fourth-order valence-corrected chi connectivity index (χ4v) is 2.10. The van der Waals surface area contributed by atoms with E-state index in [2.05, 4.69) is 4.98 Å². The van der Waals surface area contributed by atoms with E-state index in [1.54, 1.807) is 6.07 Å². The molecule has 3 heteroatoms. The summed E-state index contributed by atoms with van der Waals surface area (Å²) >= 11 is 0. The summed E-state index contributed by atoms with van der Waals surface area (Å²) in [6, 6.07) is 11.5. The fraction of sp³-hybridized carbons (Fsp3) is 0.0714. The van der Waals surface area contributed by atoms with Gasteiger partial charge >= 0.3 is 0 Å². The van der Waals surface area contributed by atoms with Crippen LogP contribution in [-0.2, 0) is 0 Å². The Hall–Kier alpha value is -2.29. The average molecular weight is 224 g/mol. The number of aryl methyl sites for hydroxylation is 1. The lowest BCUT2D eigenvalue weighted by Gasteiger charge is -2.08. The molecule has 0 saturated heterocycles. The minimum atomic E-state index is 0.257. The highest BCUT2D eigenvalue weighted by molar-refractivity contribution is 6.01. The molecule has 0 bridgehead atoms. The summed E-state index contributed by atoms with van der Waals surface area (Å²) in [6.07, 6.45) is 0. The molecule has 0 fully saturated rings.